The van der Waals surface area contributed by atoms with Crippen LogP contribution in [0.25, 0.3) is 10.8 Å². The van der Waals surface area contributed by atoms with Crippen molar-refractivity contribution in [1.29, 1.82) is 0 Å². The number of ketones is 2. The second-order valence-electron chi connectivity index (χ2n) is 9.49. The summed E-state index contributed by atoms with van der Waals surface area (Å²) >= 11 is 0. The van der Waals surface area contributed by atoms with E-state index < -0.39 is 5.82 Å². The molecule has 0 bridgehead atoms. The molecule has 4 aromatic rings. The summed E-state index contributed by atoms with van der Waals surface area (Å²) < 4.78 is 25.5. The highest BCUT2D eigenvalue weighted by molar-refractivity contribution is 5.96. The number of hydrogen-bond acceptors (Lipinski definition) is 5. The Morgan fingerprint density at radius 3 is 2.58 bits per heavy atom. The first kappa shape index (κ1) is 27.0. The van der Waals surface area contributed by atoms with Crippen molar-refractivity contribution in [2.75, 3.05) is 14.2 Å². The number of carbonyl (C=O) groups excluding carboxylic acids is 2. The molecule has 1 heterocycles. The maximum Gasteiger partial charge on any atom is 0.166 e. The SMILES string of the molecule is C.COc1ccc(CCC(=O)c2ccc([C@@H]3C[C@H]3C(=O)Cc3ccc4cnccc4c3)cc2F)c(OC)c1. The summed E-state index contributed by atoms with van der Waals surface area (Å²) in [7, 11) is 3.14. The Bertz CT molecular complexity index is 1480. The molecule has 1 fully saturated rings. The molecule has 1 saturated carbocycles. The molecule has 196 valence electrons. The summed E-state index contributed by atoms with van der Waals surface area (Å²) in [6.07, 6.45) is 5.19. The van der Waals surface area contributed by atoms with Crippen LogP contribution in [0.5, 0.6) is 11.5 Å². The first-order valence-corrected chi connectivity index (χ1v) is 12.4. The van der Waals surface area contributed by atoms with Crippen molar-refractivity contribution in [1.82, 2.24) is 4.98 Å². The summed E-state index contributed by atoms with van der Waals surface area (Å²) in [6.45, 7) is 0. The number of hydrogen-bond donors (Lipinski definition) is 0. The zero-order valence-corrected chi connectivity index (χ0v) is 20.9. The molecule has 2 atom stereocenters. The summed E-state index contributed by atoms with van der Waals surface area (Å²) in [5.41, 5.74) is 2.67. The molecule has 1 aromatic heterocycles. The molecule has 5 nitrogen and oxygen atoms in total. The molecule has 1 aliphatic carbocycles. The van der Waals surface area contributed by atoms with Gasteiger partial charge in [-0.3, -0.25) is 14.6 Å². The van der Waals surface area contributed by atoms with E-state index in [9.17, 15) is 14.0 Å². The van der Waals surface area contributed by atoms with Crippen LogP contribution in [-0.4, -0.2) is 30.8 Å². The number of ether oxygens (including phenoxy) is 2. The number of benzene rings is 3. The molecule has 0 N–H and O–H groups in total. The average molecular weight is 514 g/mol. The summed E-state index contributed by atoms with van der Waals surface area (Å²) in [5, 5.41) is 2.09. The molecule has 0 spiro atoms. The number of pyridine rings is 1. The van der Waals surface area contributed by atoms with E-state index in [1.807, 2.05) is 36.4 Å². The lowest BCUT2D eigenvalue weighted by atomic mass is 9.98. The molecule has 0 aliphatic heterocycles. The third-order valence-electron chi connectivity index (χ3n) is 7.12. The van der Waals surface area contributed by atoms with E-state index in [1.54, 1.807) is 44.8 Å². The summed E-state index contributed by atoms with van der Waals surface area (Å²) in [6, 6.07) is 18.1. The van der Waals surface area contributed by atoms with Gasteiger partial charge in [0, 0.05) is 42.6 Å². The highest BCUT2D eigenvalue weighted by Crippen LogP contribution is 2.48. The molecule has 5 rings (SSSR count). The minimum Gasteiger partial charge on any atom is -0.497 e. The van der Waals surface area contributed by atoms with Gasteiger partial charge in [-0.15, -0.1) is 0 Å². The standard InChI is InChI=1S/C31H28FNO4.CH4/c1-36-24-8-5-20(31(16-24)37-2)7-10-29(34)25-9-6-22(15-28(25)32)26-17-27(26)30(35)14-19-3-4-23-18-33-12-11-21(23)13-19;/h3-6,8-9,11-13,15-16,18,26-27H,7,10,14,17H2,1-2H3;1H4/t26-,27+;/m0./s1. The van der Waals surface area contributed by atoms with E-state index in [0.717, 1.165) is 27.5 Å². The van der Waals surface area contributed by atoms with E-state index in [4.69, 9.17) is 9.47 Å². The van der Waals surface area contributed by atoms with Gasteiger partial charge in [0.15, 0.2) is 5.78 Å². The van der Waals surface area contributed by atoms with Crippen LogP contribution in [0.2, 0.25) is 0 Å². The number of Topliss-reactive ketones (excluding diaryl/α,β-unsaturated/α-hetero) is 2. The summed E-state index contributed by atoms with van der Waals surface area (Å²) in [5.74, 6) is 0.541. The Balaban J connectivity index is 0.00000336. The third-order valence-corrected chi connectivity index (χ3v) is 7.12. The van der Waals surface area contributed by atoms with Gasteiger partial charge >= 0.3 is 0 Å². The Hall–Kier alpha value is -4.06. The van der Waals surface area contributed by atoms with Crippen molar-refractivity contribution in [2.24, 2.45) is 5.92 Å². The number of rotatable bonds is 10. The molecule has 38 heavy (non-hydrogen) atoms. The van der Waals surface area contributed by atoms with Crippen LogP contribution in [0.1, 0.15) is 53.2 Å². The fourth-order valence-corrected chi connectivity index (χ4v) is 4.92. The Morgan fingerprint density at radius 2 is 1.82 bits per heavy atom. The lowest BCUT2D eigenvalue weighted by molar-refractivity contribution is -0.119. The monoisotopic (exact) mass is 513 g/mol. The van der Waals surface area contributed by atoms with E-state index in [0.29, 0.717) is 30.8 Å². The molecule has 0 amide bonds. The number of carbonyl (C=O) groups is 2. The third kappa shape index (κ3) is 5.75. The lowest BCUT2D eigenvalue weighted by Gasteiger charge is -2.10. The van der Waals surface area contributed by atoms with E-state index >= 15 is 0 Å². The van der Waals surface area contributed by atoms with Gasteiger partial charge in [-0.1, -0.05) is 37.8 Å². The number of fused-ring (bicyclic) bond motifs is 1. The molecule has 0 saturated heterocycles. The van der Waals surface area contributed by atoms with Crippen molar-refractivity contribution < 1.29 is 23.5 Å². The van der Waals surface area contributed by atoms with Crippen molar-refractivity contribution in [3.05, 3.63) is 101 Å². The zero-order valence-electron chi connectivity index (χ0n) is 20.9. The molecular formula is C32H32FNO4. The Morgan fingerprint density at radius 1 is 0.974 bits per heavy atom. The number of halogens is 1. The average Bonchev–Trinajstić information content (AvgIpc) is 3.73. The van der Waals surface area contributed by atoms with Gasteiger partial charge in [-0.2, -0.15) is 0 Å². The minimum atomic E-state index is -0.537. The second-order valence-corrected chi connectivity index (χ2v) is 9.49. The van der Waals surface area contributed by atoms with Crippen LogP contribution >= 0.6 is 0 Å². The van der Waals surface area contributed by atoms with E-state index in [1.165, 1.54) is 6.07 Å². The van der Waals surface area contributed by atoms with Crippen molar-refractivity contribution in [3.8, 4) is 11.5 Å². The smallest absolute Gasteiger partial charge is 0.166 e. The predicted molar refractivity (Wildman–Crippen MR) is 147 cm³/mol. The highest BCUT2D eigenvalue weighted by atomic mass is 19.1. The fourth-order valence-electron chi connectivity index (χ4n) is 4.92. The van der Waals surface area contributed by atoms with E-state index in [-0.39, 0.29) is 42.8 Å². The maximum absolute atomic E-state index is 14.9. The van der Waals surface area contributed by atoms with Crippen molar-refractivity contribution >= 4 is 22.3 Å². The van der Waals surface area contributed by atoms with Gasteiger partial charge in [0.05, 0.1) is 19.8 Å². The lowest BCUT2D eigenvalue weighted by Crippen LogP contribution is -2.07. The number of nitrogens with zero attached hydrogens (tertiary/aromatic N) is 1. The summed E-state index contributed by atoms with van der Waals surface area (Å²) in [4.78, 5) is 29.8. The molecular weight excluding hydrogens is 481 g/mol. The van der Waals surface area contributed by atoms with E-state index in [2.05, 4.69) is 4.98 Å². The van der Waals surface area contributed by atoms with Crippen LogP contribution in [0, 0.1) is 11.7 Å². The van der Waals surface area contributed by atoms with Crippen LogP contribution in [0.3, 0.4) is 0 Å². The first-order chi connectivity index (χ1) is 18.0. The first-order valence-electron chi connectivity index (χ1n) is 12.4. The van der Waals surface area contributed by atoms with Gasteiger partial charge in [0.25, 0.3) is 0 Å². The van der Waals surface area contributed by atoms with Gasteiger partial charge in [-0.05, 0) is 65.1 Å². The zero-order chi connectivity index (χ0) is 25.9. The topological polar surface area (TPSA) is 65.5 Å². The normalized spacial score (nSPS) is 16.0. The van der Waals surface area contributed by atoms with Gasteiger partial charge in [0.1, 0.15) is 23.1 Å². The molecule has 1 aliphatic rings. The predicted octanol–water partition coefficient (Wildman–Crippen LogP) is 6.76. The van der Waals surface area contributed by atoms with Crippen LogP contribution in [0.15, 0.2) is 73.1 Å². The maximum atomic E-state index is 14.9. The minimum absolute atomic E-state index is 0. The van der Waals surface area contributed by atoms with Crippen LogP contribution in [0.4, 0.5) is 4.39 Å². The number of aryl methyl sites for hydroxylation is 1. The number of methoxy groups -OCH3 is 2. The van der Waals surface area contributed by atoms with Crippen LogP contribution < -0.4 is 9.47 Å². The Kier molecular flexibility index (Phi) is 8.20. The van der Waals surface area contributed by atoms with Gasteiger partial charge < -0.3 is 9.47 Å². The largest absolute Gasteiger partial charge is 0.497 e. The van der Waals surface area contributed by atoms with Gasteiger partial charge in [0.2, 0.25) is 0 Å². The highest BCUT2D eigenvalue weighted by Gasteiger charge is 2.43. The molecule has 0 unspecified atom stereocenters. The second kappa shape index (κ2) is 11.5. The van der Waals surface area contributed by atoms with Crippen molar-refractivity contribution in [2.45, 2.75) is 39.0 Å². The van der Waals surface area contributed by atoms with Gasteiger partial charge in [-0.25, -0.2) is 4.39 Å². The number of aromatic nitrogens is 1. The van der Waals surface area contributed by atoms with Crippen molar-refractivity contribution in [3.63, 3.8) is 0 Å². The quantitative estimate of drug-likeness (QED) is 0.219. The molecule has 6 heteroatoms. The molecule has 3 aromatic carbocycles. The van der Waals surface area contributed by atoms with Crippen LogP contribution in [-0.2, 0) is 17.6 Å². The molecule has 0 radical (unpaired) electrons. The Labute approximate surface area is 222 Å². The fraction of sp³-hybridized carbons (Fsp3) is 0.281.